The van der Waals surface area contributed by atoms with E-state index in [0.717, 1.165) is 11.3 Å². The molecule has 0 aliphatic carbocycles. The van der Waals surface area contributed by atoms with Gasteiger partial charge in [-0.1, -0.05) is 39.8 Å². The first-order valence-electron chi connectivity index (χ1n) is 5.77. The molecule has 1 rings (SSSR count). The van der Waals surface area contributed by atoms with E-state index in [1.54, 1.807) is 0 Å². The van der Waals surface area contributed by atoms with Crippen LogP contribution in [-0.2, 0) is 0 Å². The van der Waals surface area contributed by atoms with Gasteiger partial charge >= 0.3 is 0 Å². The summed E-state index contributed by atoms with van der Waals surface area (Å²) in [5.41, 5.74) is 0.733. The minimum Gasteiger partial charge on any atom is -0.493 e. The molecule has 0 radical (unpaired) electrons. The van der Waals surface area contributed by atoms with Gasteiger partial charge in [-0.05, 0) is 18.1 Å². The van der Waals surface area contributed by atoms with Crippen LogP contribution in [0.4, 0.5) is 0 Å². The molecule has 0 saturated carbocycles. The summed E-state index contributed by atoms with van der Waals surface area (Å²) in [6.45, 7) is 8.69. The lowest BCUT2D eigenvalue weighted by Gasteiger charge is -2.10. The average molecular weight is 220 g/mol. The maximum absolute atomic E-state index is 11.8. The molecule has 0 bridgehead atoms. The Morgan fingerprint density at radius 3 is 2.50 bits per heavy atom. The molecule has 16 heavy (non-hydrogen) atoms. The Labute approximate surface area is 97.6 Å². The third kappa shape index (κ3) is 3.69. The summed E-state index contributed by atoms with van der Waals surface area (Å²) in [5, 5.41) is 0. The van der Waals surface area contributed by atoms with Gasteiger partial charge in [-0.15, -0.1) is 0 Å². The highest BCUT2D eigenvalue weighted by Crippen LogP contribution is 2.17. The first kappa shape index (κ1) is 12.8. The molecule has 0 aliphatic rings. The molecule has 0 fully saturated rings. The third-order valence-electron chi connectivity index (χ3n) is 2.23. The number of hydrogen-bond acceptors (Lipinski definition) is 2. The fraction of sp³-hybridized carbons (Fsp3) is 0.500. The lowest BCUT2D eigenvalue weighted by molar-refractivity contribution is 0.0939. The van der Waals surface area contributed by atoms with Crippen molar-refractivity contribution in [3.05, 3.63) is 29.8 Å². The van der Waals surface area contributed by atoms with Crippen LogP contribution in [0.3, 0.4) is 0 Å². The molecule has 0 saturated heterocycles. The monoisotopic (exact) mass is 220 g/mol. The fourth-order valence-corrected chi connectivity index (χ4v) is 1.34. The Kier molecular flexibility index (Phi) is 4.53. The van der Waals surface area contributed by atoms with Crippen LogP contribution in [0.25, 0.3) is 0 Å². The van der Waals surface area contributed by atoms with E-state index in [4.69, 9.17) is 4.74 Å². The second-order valence-electron chi connectivity index (χ2n) is 4.75. The number of ketones is 1. The van der Waals surface area contributed by atoms with Crippen molar-refractivity contribution >= 4 is 5.78 Å². The lowest BCUT2D eigenvalue weighted by Crippen LogP contribution is -2.08. The van der Waals surface area contributed by atoms with E-state index in [0.29, 0.717) is 12.5 Å². The van der Waals surface area contributed by atoms with E-state index in [1.807, 2.05) is 38.1 Å². The van der Waals surface area contributed by atoms with Gasteiger partial charge in [0.25, 0.3) is 0 Å². The van der Waals surface area contributed by atoms with Gasteiger partial charge in [0, 0.05) is 11.5 Å². The zero-order valence-corrected chi connectivity index (χ0v) is 10.5. The van der Waals surface area contributed by atoms with Crippen molar-refractivity contribution in [2.24, 2.45) is 11.8 Å². The van der Waals surface area contributed by atoms with Crippen molar-refractivity contribution < 1.29 is 9.53 Å². The van der Waals surface area contributed by atoms with Crippen molar-refractivity contribution in [2.45, 2.75) is 27.7 Å². The Morgan fingerprint density at radius 1 is 1.25 bits per heavy atom. The van der Waals surface area contributed by atoms with E-state index < -0.39 is 0 Å². The van der Waals surface area contributed by atoms with Crippen molar-refractivity contribution in [1.29, 1.82) is 0 Å². The van der Waals surface area contributed by atoms with Crippen molar-refractivity contribution in [3.63, 3.8) is 0 Å². The number of carbonyl (C=O) groups is 1. The van der Waals surface area contributed by atoms with E-state index in [2.05, 4.69) is 13.8 Å². The summed E-state index contributed by atoms with van der Waals surface area (Å²) >= 11 is 0. The maximum Gasteiger partial charge on any atom is 0.165 e. The molecule has 0 amide bonds. The van der Waals surface area contributed by atoms with Gasteiger partial charge in [0.15, 0.2) is 5.78 Å². The van der Waals surface area contributed by atoms with Gasteiger partial charge in [0.1, 0.15) is 5.75 Å². The fourth-order valence-electron chi connectivity index (χ4n) is 1.34. The Balaban J connectivity index is 2.75. The van der Waals surface area contributed by atoms with Gasteiger partial charge < -0.3 is 4.74 Å². The maximum atomic E-state index is 11.8. The van der Waals surface area contributed by atoms with Crippen LogP contribution < -0.4 is 4.74 Å². The minimum absolute atomic E-state index is 0.0281. The van der Waals surface area contributed by atoms with Crippen LogP contribution in [0.1, 0.15) is 38.1 Å². The molecule has 0 unspecified atom stereocenters. The number of Topliss-reactive ketones (excluding diaryl/α,β-unsaturated/α-hetero) is 1. The average Bonchev–Trinajstić information content (AvgIpc) is 2.25. The van der Waals surface area contributed by atoms with Crippen LogP contribution in [0.2, 0.25) is 0 Å². The molecule has 0 aliphatic heterocycles. The number of hydrogen-bond donors (Lipinski definition) is 0. The topological polar surface area (TPSA) is 26.3 Å². The largest absolute Gasteiger partial charge is 0.493 e. The minimum atomic E-state index is 0.0281. The van der Waals surface area contributed by atoms with Crippen LogP contribution in [0.15, 0.2) is 24.3 Å². The molecular formula is C14H20O2. The van der Waals surface area contributed by atoms with Crippen molar-refractivity contribution in [3.8, 4) is 5.75 Å². The molecule has 0 atom stereocenters. The molecule has 0 spiro atoms. The van der Waals surface area contributed by atoms with E-state index in [9.17, 15) is 4.79 Å². The second kappa shape index (κ2) is 5.69. The van der Waals surface area contributed by atoms with Crippen LogP contribution in [-0.4, -0.2) is 12.4 Å². The van der Waals surface area contributed by atoms with Crippen LogP contribution in [0, 0.1) is 11.8 Å². The SMILES string of the molecule is CC(C)COc1cccc(C(=O)C(C)C)c1. The molecule has 0 heterocycles. The quantitative estimate of drug-likeness (QED) is 0.709. The zero-order valence-electron chi connectivity index (χ0n) is 10.5. The molecular weight excluding hydrogens is 200 g/mol. The molecule has 88 valence electrons. The standard InChI is InChI=1S/C14H20O2/c1-10(2)9-16-13-7-5-6-12(8-13)14(15)11(3)4/h5-8,10-11H,9H2,1-4H3. The number of ether oxygens (including phenoxy) is 1. The van der Waals surface area contributed by atoms with E-state index in [-0.39, 0.29) is 11.7 Å². The molecule has 1 aromatic carbocycles. The first-order valence-corrected chi connectivity index (χ1v) is 5.77. The van der Waals surface area contributed by atoms with Gasteiger partial charge in [-0.25, -0.2) is 0 Å². The summed E-state index contributed by atoms with van der Waals surface area (Å²) in [5.74, 6) is 1.46. The van der Waals surface area contributed by atoms with E-state index in [1.165, 1.54) is 0 Å². The molecule has 2 heteroatoms. The van der Waals surface area contributed by atoms with Gasteiger partial charge in [-0.3, -0.25) is 4.79 Å². The normalized spacial score (nSPS) is 10.9. The number of rotatable bonds is 5. The number of carbonyl (C=O) groups excluding carboxylic acids is 1. The molecule has 0 N–H and O–H groups in total. The Hall–Kier alpha value is -1.31. The predicted molar refractivity (Wildman–Crippen MR) is 65.9 cm³/mol. The zero-order chi connectivity index (χ0) is 12.1. The third-order valence-corrected chi connectivity index (χ3v) is 2.23. The highest BCUT2D eigenvalue weighted by atomic mass is 16.5. The summed E-state index contributed by atoms with van der Waals surface area (Å²) in [6.07, 6.45) is 0. The van der Waals surface area contributed by atoms with Gasteiger partial charge in [-0.2, -0.15) is 0 Å². The van der Waals surface area contributed by atoms with Gasteiger partial charge in [0.05, 0.1) is 6.61 Å². The lowest BCUT2D eigenvalue weighted by atomic mass is 10.0. The van der Waals surface area contributed by atoms with Crippen molar-refractivity contribution in [2.75, 3.05) is 6.61 Å². The number of benzene rings is 1. The summed E-state index contributed by atoms with van der Waals surface area (Å²) in [6, 6.07) is 7.42. The highest BCUT2D eigenvalue weighted by molar-refractivity contribution is 5.97. The van der Waals surface area contributed by atoms with E-state index >= 15 is 0 Å². The second-order valence-corrected chi connectivity index (χ2v) is 4.75. The summed E-state index contributed by atoms with van der Waals surface area (Å²) in [4.78, 5) is 11.8. The highest BCUT2D eigenvalue weighted by Gasteiger charge is 2.10. The van der Waals surface area contributed by atoms with Crippen LogP contribution >= 0.6 is 0 Å². The Bertz CT molecular complexity index is 354. The summed E-state index contributed by atoms with van der Waals surface area (Å²) < 4.78 is 5.59. The van der Waals surface area contributed by atoms with Crippen LogP contribution in [0.5, 0.6) is 5.75 Å². The predicted octanol–water partition coefficient (Wildman–Crippen LogP) is 3.56. The smallest absolute Gasteiger partial charge is 0.165 e. The van der Waals surface area contributed by atoms with Crippen molar-refractivity contribution in [1.82, 2.24) is 0 Å². The summed E-state index contributed by atoms with van der Waals surface area (Å²) in [7, 11) is 0. The molecule has 1 aromatic rings. The van der Waals surface area contributed by atoms with Gasteiger partial charge in [0.2, 0.25) is 0 Å². The Morgan fingerprint density at radius 2 is 1.94 bits per heavy atom. The molecule has 2 nitrogen and oxygen atoms in total. The first-order chi connectivity index (χ1) is 7.50. The molecule has 0 aromatic heterocycles.